The monoisotopic (exact) mass is 214 g/mol. The molecule has 0 saturated carbocycles. The smallest absolute Gasteiger partial charge is 0.111 e. The van der Waals surface area contributed by atoms with Crippen LogP contribution in [0.1, 0.15) is 5.56 Å². The number of hydrogen-bond acceptors (Lipinski definition) is 1. The summed E-state index contributed by atoms with van der Waals surface area (Å²) in [4.78, 5) is 0. The van der Waals surface area contributed by atoms with E-state index in [0.717, 1.165) is 9.52 Å². The van der Waals surface area contributed by atoms with Gasteiger partial charge in [-0.15, -0.1) is 0 Å². The Labute approximate surface area is 90.7 Å². The average Bonchev–Trinajstić information content (AvgIpc) is 2.72. The van der Waals surface area contributed by atoms with Crippen LogP contribution in [0.5, 0.6) is 0 Å². The van der Waals surface area contributed by atoms with E-state index >= 15 is 0 Å². The molecule has 2 radical (unpaired) electrons. The minimum absolute atomic E-state index is 0.767. The summed E-state index contributed by atoms with van der Waals surface area (Å²) >= 11 is 1.74. The van der Waals surface area contributed by atoms with Gasteiger partial charge >= 0.3 is 0 Å². The lowest BCUT2D eigenvalue weighted by atomic mass is 10.3. The second kappa shape index (κ2) is 4.93. The summed E-state index contributed by atoms with van der Waals surface area (Å²) in [6.07, 6.45) is 2.18. The van der Waals surface area contributed by atoms with Crippen molar-refractivity contribution in [1.82, 2.24) is 0 Å². The summed E-state index contributed by atoms with van der Waals surface area (Å²) in [5.41, 5.74) is 3.54. The van der Waals surface area contributed by atoms with Crippen LogP contribution in [-0.2, 0) is 0 Å². The Balaban J connectivity index is 1.95. The number of hydrogen-bond donors (Lipinski definition) is 0. The van der Waals surface area contributed by atoms with Gasteiger partial charge in [0.05, 0.1) is 0 Å². The fraction of sp³-hybridized carbons (Fsp3) is 0. The number of rotatable bonds is 3. The summed E-state index contributed by atoms with van der Waals surface area (Å²) in [6.45, 7) is 0. The van der Waals surface area contributed by atoms with E-state index in [1.807, 2.05) is 0 Å². The van der Waals surface area contributed by atoms with Gasteiger partial charge in [0.15, 0.2) is 0 Å². The maximum absolute atomic E-state index is 2.23. The highest BCUT2D eigenvalue weighted by atomic mass is 32.1. The number of thiophene rings is 1. The van der Waals surface area contributed by atoms with Crippen LogP contribution < -0.4 is 5.19 Å². The molecule has 2 rings (SSSR count). The van der Waals surface area contributed by atoms with Crippen LogP contribution in [0.15, 0.2) is 52.9 Å². The molecular weight excluding hydrogens is 204 g/mol. The van der Waals surface area contributed by atoms with Gasteiger partial charge in [-0.2, -0.15) is 11.3 Å². The lowest BCUT2D eigenvalue weighted by Crippen LogP contribution is -2.09. The Morgan fingerprint density at radius 3 is 2.64 bits per heavy atom. The van der Waals surface area contributed by atoms with Gasteiger partial charge in [-0.25, -0.2) is 0 Å². The molecule has 0 amide bonds. The van der Waals surface area contributed by atoms with Crippen LogP contribution in [0.2, 0.25) is 0 Å². The molecule has 1 aromatic carbocycles. The Morgan fingerprint density at radius 2 is 1.93 bits per heavy atom. The first-order valence-electron chi connectivity index (χ1n) is 4.45. The third-order valence-corrected chi connectivity index (χ3v) is 3.54. The summed E-state index contributed by atoms with van der Waals surface area (Å²) in [5.74, 6) is 0. The highest BCUT2D eigenvalue weighted by Crippen LogP contribution is 2.06. The molecule has 0 saturated heterocycles. The maximum atomic E-state index is 2.23. The Hall–Kier alpha value is -1.12. The predicted molar refractivity (Wildman–Crippen MR) is 65.2 cm³/mol. The average molecular weight is 214 g/mol. The highest BCUT2D eigenvalue weighted by molar-refractivity contribution is 7.08. The summed E-state index contributed by atoms with van der Waals surface area (Å²) < 4.78 is 0. The molecule has 0 unspecified atom stereocenters. The van der Waals surface area contributed by atoms with E-state index in [0.29, 0.717) is 0 Å². The van der Waals surface area contributed by atoms with Crippen LogP contribution in [0, 0.1) is 0 Å². The topological polar surface area (TPSA) is 0 Å². The van der Waals surface area contributed by atoms with Crippen LogP contribution in [0.25, 0.3) is 6.08 Å². The lowest BCUT2D eigenvalue weighted by molar-refractivity contribution is 1.77. The highest BCUT2D eigenvalue weighted by Gasteiger charge is 1.88. The van der Waals surface area contributed by atoms with Gasteiger partial charge in [-0.05, 0) is 22.4 Å². The Kier molecular flexibility index (Phi) is 3.32. The summed E-state index contributed by atoms with van der Waals surface area (Å²) in [7, 11) is 0.767. The molecule has 0 fully saturated rings. The second-order valence-corrected chi connectivity index (χ2v) is 4.88. The number of benzene rings is 1. The molecule has 0 bridgehead atoms. The first-order chi connectivity index (χ1) is 6.95. The van der Waals surface area contributed by atoms with Crippen molar-refractivity contribution in [3.63, 3.8) is 0 Å². The van der Waals surface area contributed by atoms with Gasteiger partial charge in [-0.3, -0.25) is 0 Å². The quantitative estimate of drug-likeness (QED) is 0.689. The van der Waals surface area contributed by atoms with E-state index < -0.39 is 0 Å². The minimum Gasteiger partial charge on any atom is -0.152 e. The maximum Gasteiger partial charge on any atom is 0.111 e. The molecule has 2 aromatic rings. The van der Waals surface area contributed by atoms with Crippen LogP contribution in [-0.4, -0.2) is 9.52 Å². The van der Waals surface area contributed by atoms with Gasteiger partial charge < -0.3 is 0 Å². The third-order valence-electron chi connectivity index (χ3n) is 1.84. The SMILES string of the molecule is C(=C/c1ccsc1)/[Si]c1ccccc1. The molecule has 1 heterocycles. The third kappa shape index (κ3) is 2.69. The van der Waals surface area contributed by atoms with E-state index in [2.05, 4.69) is 58.9 Å². The first kappa shape index (κ1) is 9.43. The van der Waals surface area contributed by atoms with Crippen molar-refractivity contribution in [2.75, 3.05) is 0 Å². The molecular formula is C12H10SSi. The van der Waals surface area contributed by atoms with Gasteiger partial charge in [0.2, 0.25) is 0 Å². The van der Waals surface area contributed by atoms with Crippen molar-refractivity contribution in [2.45, 2.75) is 0 Å². The van der Waals surface area contributed by atoms with E-state index in [-0.39, 0.29) is 0 Å². The van der Waals surface area contributed by atoms with Crippen molar-refractivity contribution in [3.8, 4) is 0 Å². The zero-order chi connectivity index (χ0) is 9.64. The van der Waals surface area contributed by atoms with Crippen molar-refractivity contribution >= 4 is 32.1 Å². The molecule has 0 aliphatic rings. The van der Waals surface area contributed by atoms with E-state index in [9.17, 15) is 0 Å². The van der Waals surface area contributed by atoms with E-state index in [1.165, 1.54) is 10.8 Å². The molecule has 0 N–H and O–H groups in total. The molecule has 14 heavy (non-hydrogen) atoms. The summed E-state index contributed by atoms with van der Waals surface area (Å²) in [5, 5.41) is 5.65. The predicted octanol–water partition coefficient (Wildman–Crippen LogP) is 2.75. The Bertz CT molecular complexity index is 390. The fourth-order valence-corrected chi connectivity index (χ4v) is 2.62. The normalized spacial score (nSPS) is 10.9. The molecule has 0 spiro atoms. The molecule has 0 nitrogen and oxygen atoms in total. The second-order valence-electron chi connectivity index (χ2n) is 2.90. The van der Waals surface area contributed by atoms with Crippen LogP contribution >= 0.6 is 11.3 Å². The zero-order valence-corrected chi connectivity index (χ0v) is 9.50. The molecule has 2 heteroatoms. The fourth-order valence-electron chi connectivity index (χ4n) is 1.14. The lowest BCUT2D eigenvalue weighted by Gasteiger charge is -1.91. The van der Waals surface area contributed by atoms with Gasteiger partial charge in [0, 0.05) is 0 Å². The Morgan fingerprint density at radius 1 is 1.07 bits per heavy atom. The van der Waals surface area contributed by atoms with Gasteiger partial charge in [-0.1, -0.05) is 47.3 Å². The molecule has 68 valence electrons. The largest absolute Gasteiger partial charge is 0.152 e. The first-order valence-corrected chi connectivity index (χ1v) is 6.47. The van der Waals surface area contributed by atoms with Crippen molar-refractivity contribution < 1.29 is 0 Å². The van der Waals surface area contributed by atoms with Crippen molar-refractivity contribution in [3.05, 3.63) is 58.4 Å². The summed E-state index contributed by atoms with van der Waals surface area (Å²) in [6, 6.07) is 12.7. The van der Waals surface area contributed by atoms with Gasteiger partial charge in [0.25, 0.3) is 0 Å². The molecule has 0 atom stereocenters. The van der Waals surface area contributed by atoms with E-state index in [4.69, 9.17) is 0 Å². The van der Waals surface area contributed by atoms with Crippen molar-refractivity contribution in [1.29, 1.82) is 0 Å². The van der Waals surface area contributed by atoms with Crippen molar-refractivity contribution in [2.24, 2.45) is 0 Å². The zero-order valence-electron chi connectivity index (χ0n) is 7.68. The minimum atomic E-state index is 0.767. The van der Waals surface area contributed by atoms with Crippen LogP contribution in [0.3, 0.4) is 0 Å². The molecule has 0 aliphatic heterocycles. The van der Waals surface area contributed by atoms with Crippen LogP contribution in [0.4, 0.5) is 0 Å². The standard InChI is InChI=1S/C12H10SSi/c1-2-4-12(5-3-1)14-9-7-11-6-8-13-10-11/h1-10H/b9-7-. The van der Waals surface area contributed by atoms with E-state index in [1.54, 1.807) is 11.3 Å². The molecule has 0 aliphatic carbocycles. The van der Waals surface area contributed by atoms with Gasteiger partial charge in [0.1, 0.15) is 9.52 Å². The molecule has 1 aromatic heterocycles.